The summed E-state index contributed by atoms with van der Waals surface area (Å²) in [4.78, 5) is 12.3. The number of hydrogen-bond donors (Lipinski definition) is 1. The molecule has 0 unspecified atom stereocenters. The van der Waals surface area contributed by atoms with Gasteiger partial charge in [0.05, 0.1) is 5.69 Å². The molecule has 108 valence electrons. The van der Waals surface area contributed by atoms with Gasteiger partial charge in [-0.05, 0) is 12.1 Å². The van der Waals surface area contributed by atoms with Crippen LogP contribution in [0.1, 0.15) is 11.3 Å². The summed E-state index contributed by atoms with van der Waals surface area (Å²) in [6.45, 7) is 0. The molecule has 22 heavy (non-hydrogen) atoms. The summed E-state index contributed by atoms with van der Waals surface area (Å²) in [5, 5.41) is 4.78. The first-order valence-electron chi connectivity index (χ1n) is 6.61. The van der Waals surface area contributed by atoms with Gasteiger partial charge >= 0.3 is 0 Å². The fourth-order valence-corrected chi connectivity index (χ4v) is 2.02. The molecule has 0 saturated heterocycles. The Kier molecular flexibility index (Phi) is 4.36. The standard InChI is InChI=1S/C16H12ClN5/c17-14-10-15(20-11-19-14)21-22-16(12-6-2-1-3-7-12)13-8-4-5-9-18-13/h1-11H,(H,19,20,21)/b22-16+. The molecule has 0 aliphatic carbocycles. The minimum atomic E-state index is 0.354. The molecule has 3 aromatic rings. The zero-order valence-electron chi connectivity index (χ0n) is 11.5. The lowest BCUT2D eigenvalue weighted by Gasteiger charge is -2.07. The Morgan fingerprint density at radius 1 is 0.955 bits per heavy atom. The Labute approximate surface area is 132 Å². The third-order valence-corrected chi connectivity index (χ3v) is 3.08. The number of benzene rings is 1. The van der Waals surface area contributed by atoms with Gasteiger partial charge in [-0.3, -0.25) is 10.4 Å². The van der Waals surface area contributed by atoms with Gasteiger partial charge in [0.1, 0.15) is 17.2 Å². The van der Waals surface area contributed by atoms with E-state index in [4.69, 9.17) is 11.6 Å². The minimum absolute atomic E-state index is 0.354. The fraction of sp³-hybridized carbons (Fsp3) is 0. The van der Waals surface area contributed by atoms with Crippen molar-refractivity contribution in [3.8, 4) is 0 Å². The Balaban J connectivity index is 1.97. The van der Waals surface area contributed by atoms with Crippen LogP contribution in [0.2, 0.25) is 5.15 Å². The quantitative estimate of drug-likeness (QED) is 0.456. The van der Waals surface area contributed by atoms with Gasteiger partial charge in [-0.1, -0.05) is 48.0 Å². The molecule has 0 radical (unpaired) electrons. The lowest BCUT2D eigenvalue weighted by molar-refractivity contribution is 1.13. The summed E-state index contributed by atoms with van der Waals surface area (Å²) >= 11 is 5.84. The van der Waals surface area contributed by atoms with Crippen molar-refractivity contribution < 1.29 is 0 Å². The molecule has 0 atom stereocenters. The number of hydrazone groups is 1. The first kappa shape index (κ1) is 14.2. The molecule has 0 aliphatic heterocycles. The molecule has 3 rings (SSSR count). The van der Waals surface area contributed by atoms with Crippen molar-refractivity contribution in [2.75, 3.05) is 5.43 Å². The van der Waals surface area contributed by atoms with Gasteiger partial charge in [0.15, 0.2) is 5.82 Å². The van der Waals surface area contributed by atoms with Crippen molar-refractivity contribution in [2.45, 2.75) is 0 Å². The van der Waals surface area contributed by atoms with Crippen molar-refractivity contribution in [1.82, 2.24) is 15.0 Å². The largest absolute Gasteiger partial charge is 0.261 e. The highest BCUT2D eigenvalue weighted by Gasteiger charge is 2.08. The average Bonchev–Trinajstić information content (AvgIpc) is 2.57. The molecule has 0 amide bonds. The van der Waals surface area contributed by atoms with Crippen LogP contribution in [0.15, 0.2) is 72.2 Å². The van der Waals surface area contributed by atoms with Crippen molar-refractivity contribution in [3.05, 3.63) is 83.5 Å². The molecule has 1 N–H and O–H groups in total. The van der Waals surface area contributed by atoms with E-state index in [1.165, 1.54) is 6.33 Å². The fourth-order valence-electron chi connectivity index (χ4n) is 1.88. The topological polar surface area (TPSA) is 63.1 Å². The second kappa shape index (κ2) is 6.78. The Hall–Kier alpha value is -2.79. The Morgan fingerprint density at radius 2 is 1.77 bits per heavy atom. The Bertz CT molecular complexity index is 733. The number of halogens is 1. The molecular formula is C16H12ClN5. The number of anilines is 1. The summed E-state index contributed by atoms with van der Waals surface area (Å²) < 4.78 is 0. The van der Waals surface area contributed by atoms with Gasteiger partial charge < -0.3 is 0 Å². The molecule has 0 bridgehead atoms. The van der Waals surface area contributed by atoms with Crippen molar-refractivity contribution >= 4 is 23.1 Å². The number of hydrogen-bond acceptors (Lipinski definition) is 5. The molecule has 2 aromatic heterocycles. The zero-order chi connectivity index (χ0) is 15.2. The maximum atomic E-state index is 5.84. The summed E-state index contributed by atoms with van der Waals surface area (Å²) in [5.41, 5.74) is 5.33. The predicted molar refractivity (Wildman–Crippen MR) is 87.0 cm³/mol. The molecule has 0 saturated carbocycles. The summed E-state index contributed by atoms with van der Waals surface area (Å²) in [6, 6.07) is 17.1. The summed E-state index contributed by atoms with van der Waals surface area (Å²) in [5.74, 6) is 0.518. The molecule has 6 heteroatoms. The van der Waals surface area contributed by atoms with Gasteiger partial charge in [0, 0.05) is 17.8 Å². The molecular weight excluding hydrogens is 298 g/mol. The highest BCUT2D eigenvalue weighted by molar-refractivity contribution is 6.29. The minimum Gasteiger partial charge on any atom is -0.261 e. The van der Waals surface area contributed by atoms with Gasteiger partial charge in [-0.2, -0.15) is 5.10 Å². The van der Waals surface area contributed by atoms with Crippen LogP contribution >= 0.6 is 11.6 Å². The van der Waals surface area contributed by atoms with Gasteiger partial charge in [-0.15, -0.1) is 0 Å². The highest BCUT2D eigenvalue weighted by atomic mass is 35.5. The van der Waals surface area contributed by atoms with Gasteiger partial charge in [-0.25, -0.2) is 9.97 Å². The van der Waals surface area contributed by atoms with Crippen LogP contribution in [0.4, 0.5) is 5.82 Å². The van der Waals surface area contributed by atoms with Gasteiger partial charge in [0.25, 0.3) is 0 Å². The van der Waals surface area contributed by atoms with Crippen LogP contribution in [-0.2, 0) is 0 Å². The number of rotatable bonds is 4. The molecule has 1 aromatic carbocycles. The molecule has 2 heterocycles. The smallest absolute Gasteiger partial charge is 0.151 e. The maximum absolute atomic E-state index is 5.84. The first-order valence-corrected chi connectivity index (χ1v) is 6.99. The Morgan fingerprint density at radius 3 is 2.50 bits per heavy atom. The average molecular weight is 310 g/mol. The molecule has 0 aliphatic rings. The lowest BCUT2D eigenvalue weighted by Crippen LogP contribution is -2.08. The molecule has 5 nitrogen and oxygen atoms in total. The SMILES string of the molecule is Clc1cc(N/N=C(\c2ccccc2)c2ccccn2)ncn1. The lowest BCUT2D eigenvalue weighted by atomic mass is 10.1. The second-order valence-corrected chi connectivity index (χ2v) is 4.77. The van der Waals surface area contributed by atoms with Crippen LogP contribution in [0.3, 0.4) is 0 Å². The van der Waals surface area contributed by atoms with Crippen LogP contribution in [0.25, 0.3) is 0 Å². The third kappa shape index (κ3) is 3.45. The zero-order valence-corrected chi connectivity index (χ0v) is 12.3. The molecule has 0 spiro atoms. The van der Waals surface area contributed by atoms with E-state index in [0.717, 1.165) is 17.0 Å². The number of nitrogens with one attached hydrogen (secondary N) is 1. The van der Waals surface area contributed by atoms with Crippen molar-refractivity contribution in [2.24, 2.45) is 5.10 Å². The van der Waals surface area contributed by atoms with E-state index in [2.05, 4.69) is 25.5 Å². The van der Waals surface area contributed by atoms with Gasteiger partial charge in [0.2, 0.25) is 0 Å². The van der Waals surface area contributed by atoms with E-state index in [0.29, 0.717) is 11.0 Å². The van der Waals surface area contributed by atoms with Crippen LogP contribution in [0.5, 0.6) is 0 Å². The van der Waals surface area contributed by atoms with Crippen molar-refractivity contribution in [3.63, 3.8) is 0 Å². The number of pyridine rings is 1. The summed E-state index contributed by atoms with van der Waals surface area (Å²) in [7, 11) is 0. The molecule has 0 fully saturated rings. The first-order chi connectivity index (χ1) is 10.8. The highest BCUT2D eigenvalue weighted by Crippen LogP contribution is 2.12. The van der Waals surface area contributed by atoms with E-state index in [1.54, 1.807) is 12.3 Å². The second-order valence-electron chi connectivity index (χ2n) is 4.38. The van der Waals surface area contributed by atoms with Crippen LogP contribution in [-0.4, -0.2) is 20.7 Å². The van der Waals surface area contributed by atoms with Crippen LogP contribution < -0.4 is 5.43 Å². The van der Waals surface area contributed by atoms with Crippen molar-refractivity contribution in [1.29, 1.82) is 0 Å². The van der Waals surface area contributed by atoms with E-state index in [-0.39, 0.29) is 0 Å². The van der Waals surface area contributed by atoms with E-state index in [1.807, 2.05) is 48.5 Å². The van der Waals surface area contributed by atoms with E-state index < -0.39 is 0 Å². The number of aromatic nitrogens is 3. The maximum Gasteiger partial charge on any atom is 0.151 e. The van der Waals surface area contributed by atoms with E-state index >= 15 is 0 Å². The van der Waals surface area contributed by atoms with Crippen LogP contribution in [0, 0.1) is 0 Å². The monoisotopic (exact) mass is 309 g/mol. The summed E-state index contributed by atoms with van der Waals surface area (Å²) in [6.07, 6.45) is 3.11. The normalized spacial score (nSPS) is 11.2. The van der Waals surface area contributed by atoms with E-state index in [9.17, 15) is 0 Å². The third-order valence-electron chi connectivity index (χ3n) is 2.87. The number of nitrogens with zero attached hydrogens (tertiary/aromatic N) is 4. The predicted octanol–water partition coefficient (Wildman–Crippen LogP) is 3.39.